The standard InChI is InChI=1S/C22H21F2N5O3S/c1-32-12-14-8-7-13(28-29-14)9-15-10-17(21-18(25-15)11-19(27-21)22(23)24)26-16-5-3-4-6-20(16)33(2,30)31/h3-8,10,22H,9,11-12H2,1-2H3,(H,25,26). The number of aromatic nitrogens is 3. The Morgan fingerprint density at radius 3 is 2.45 bits per heavy atom. The van der Waals surface area contributed by atoms with Gasteiger partial charge in [-0.3, -0.25) is 4.98 Å². The van der Waals surface area contributed by atoms with Crippen molar-refractivity contribution in [2.75, 3.05) is 18.7 Å². The quantitative estimate of drug-likeness (QED) is 0.532. The highest BCUT2D eigenvalue weighted by Gasteiger charge is 2.26. The summed E-state index contributed by atoms with van der Waals surface area (Å²) in [5.74, 6) is 0. The average molecular weight is 474 g/mol. The summed E-state index contributed by atoms with van der Waals surface area (Å²) < 4.78 is 56.1. The topological polar surface area (TPSA) is 106 Å². The second-order valence-electron chi connectivity index (χ2n) is 7.56. The van der Waals surface area contributed by atoms with E-state index in [1.807, 2.05) is 0 Å². The lowest BCUT2D eigenvalue weighted by molar-refractivity contribution is 0.180. The number of alkyl halides is 2. The van der Waals surface area contributed by atoms with Crippen LogP contribution in [0.4, 0.5) is 25.8 Å². The van der Waals surface area contributed by atoms with Crippen molar-refractivity contribution in [2.24, 2.45) is 4.99 Å². The van der Waals surface area contributed by atoms with Gasteiger partial charge in [0.15, 0.2) is 9.84 Å². The van der Waals surface area contributed by atoms with Gasteiger partial charge >= 0.3 is 0 Å². The van der Waals surface area contributed by atoms with Crippen LogP contribution in [0.3, 0.4) is 0 Å². The molecule has 3 aromatic rings. The van der Waals surface area contributed by atoms with Crippen LogP contribution in [-0.2, 0) is 34.0 Å². The van der Waals surface area contributed by atoms with E-state index in [0.717, 1.165) is 6.26 Å². The normalized spacial score (nSPS) is 13.2. The summed E-state index contributed by atoms with van der Waals surface area (Å²) in [5.41, 5.74) is 2.99. The fourth-order valence-corrected chi connectivity index (χ4v) is 4.34. The van der Waals surface area contributed by atoms with Gasteiger partial charge in [0.05, 0.1) is 45.7 Å². The van der Waals surface area contributed by atoms with Crippen LogP contribution in [0.25, 0.3) is 0 Å². The van der Waals surface area contributed by atoms with Gasteiger partial charge in [-0.25, -0.2) is 22.2 Å². The molecule has 0 amide bonds. The summed E-state index contributed by atoms with van der Waals surface area (Å²) >= 11 is 0. The maximum Gasteiger partial charge on any atom is 0.277 e. The summed E-state index contributed by atoms with van der Waals surface area (Å²) in [6, 6.07) is 11.6. The van der Waals surface area contributed by atoms with E-state index in [-0.39, 0.29) is 22.7 Å². The van der Waals surface area contributed by atoms with Crippen molar-refractivity contribution in [3.63, 3.8) is 0 Å². The van der Waals surface area contributed by atoms with E-state index in [4.69, 9.17) is 4.74 Å². The number of benzene rings is 1. The first-order valence-corrected chi connectivity index (χ1v) is 11.9. The van der Waals surface area contributed by atoms with E-state index in [1.54, 1.807) is 43.5 Å². The van der Waals surface area contributed by atoms with Crippen molar-refractivity contribution in [1.29, 1.82) is 0 Å². The molecule has 1 aromatic carbocycles. The number of ether oxygens (including phenoxy) is 1. The summed E-state index contributed by atoms with van der Waals surface area (Å²) in [6.07, 6.45) is -1.38. The Hall–Kier alpha value is -3.31. The van der Waals surface area contributed by atoms with Gasteiger partial charge in [-0.1, -0.05) is 12.1 Å². The minimum Gasteiger partial charge on any atom is -0.378 e. The largest absolute Gasteiger partial charge is 0.378 e. The van der Waals surface area contributed by atoms with E-state index < -0.39 is 16.3 Å². The van der Waals surface area contributed by atoms with Gasteiger partial charge in [-0.15, -0.1) is 0 Å². The van der Waals surface area contributed by atoms with Crippen LogP contribution in [0.5, 0.6) is 0 Å². The van der Waals surface area contributed by atoms with Gasteiger partial charge in [0.2, 0.25) is 0 Å². The minimum absolute atomic E-state index is 0.0816. The van der Waals surface area contributed by atoms with E-state index in [2.05, 4.69) is 25.5 Å². The molecule has 0 atom stereocenters. The van der Waals surface area contributed by atoms with Crippen LogP contribution in [0, 0.1) is 0 Å². The molecular weight excluding hydrogens is 452 g/mol. The van der Waals surface area contributed by atoms with Gasteiger partial charge in [0.1, 0.15) is 5.69 Å². The van der Waals surface area contributed by atoms with Gasteiger partial charge < -0.3 is 10.1 Å². The minimum atomic E-state index is -3.52. The Bertz CT molecular complexity index is 1310. The summed E-state index contributed by atoms with van der Waals surface area (Å²) in [5, 5.41) is 11.3. The molecule has 8 nitrogen and oxygen atoms in total. The molecule has 0 aliphatic carbocycles. The van der Waals surface area contributed by atoms with Crippen molar-refractivity contribution in [1.82, 2.24) is 15.2 Å². The molecule has 4 rings (SSSR count). The monoisotopic (exact) mass is 473 g/mol. The Labute approximate surface area is 189 Å². The van der Waals surface area contributed by atoms with E-state index in [9.17, 15) is 17.2 Å². The number of methoxy groups -OCH3 is 1. The number of nitrogens with one attached hydrogen (secondary N) is 1. The molecule has 1 N–H and O–H groups in total. The van der Waals surface area contributed by atoms with Gasteiger partial charge in [-0.2, -0.15) is 10.2 Å². The number of nitrogens with zero attached hydrogens (tertiary/aromatic N) is 4. The highest BCUT2D eigenvalue weighted by molar-refractivity contribution is 7.90. The molecule has 2 aromatic heterocycles. The SMILES string of the molecule is COCc1ccc(Cc2cc(Nc3ccccc3S(C)(=O)=O)c3c(n2)CC(C(F)F)=N3)nn1. The first-order valence-electron chi connectivity index (χ1n) is 9.99. The van der Waals surface area contributed by atoms with Gasteiger partial charge in [-0.05, 0) is 30.3 Å². The molecule has 0 saturated carbocycles. The molecule has 1 aliphatic heterocycles. The number of hydrogen-bond acceptors (Lipinski definition) is 8. The van der Waals surface area contributed by atoms with Crippen molar-refractivity contribution in [3.05, 3.63) is 65.2 Å². The van der Waals surface area contributed by atoms with E-state index >= 15 is 0 Å². The Morgan fingerprint density at radius 1 is 1.06 bits per heavy atom. The van der Waals surface area contributed by atoms with E-state index in [1.165, 1.54) is 6.07 Å². The molecule has 3 heterocycles. The second-order valence-corrected chi connectivity index (χ2v) is 9.54. The van der Waals surface area contributed by atoms with Crippen LogP contribution in [0.2, 0.25) is 0 Å². The molecule has 0 bridgehead atoms. The Morgan fingerprint density at radius 2 is 1.79 bits per heavy atom. The first kappa shape index (κ1) is 22.9. The molecular formula is C22H21F2N5O3S. The molecule has 0 fully saturated rings. The molecule has 0 radical (unpaired) electrons. The number of halogens is 2. The predicted octanol–water partition coefficient (Wildman–Crippen LogP) is 3.65. The zero-order valence-electron chi connectivity index (χ0n) is 17.9. The number of para-hydroxylation sites is 1. The molecule has 1 aliphatic rings. The third-order valence-corrected chi connectivity index (χ3v) is 6.11. The van der Waals surface area contributed by atoms with Gasteiger partial charge in [0, 0.05) is 31.9 Å². The fraction of sp³-hybridized carbons (Fsp3) is 0.273. The maximum atomic E-state index is 13.3. The average Bonchev–Trinajstić information content (AvgIpc) is 3.20. The zero-order valence-corrected chi connectivity index (χ0v) is 18.7. The predicted molar refractivity (Wildman–Crippen MR) is 119 cm³/mol. The summed E-state index contributed by atoms with van der Waals surface area (Å²) in [7, 11) is -1.96. The van der Waals surface area contributed by atoms with Crippen LogP contribution in [0.1, 0.15) is 22.8 Å². The summed E-state index contributed by atoms with van der Waals surface area (Å²) in [6.45, 7) is 0.339. The number of rotatable bonds is 8. The number of anilines is 2. The first-order chi connectivity index (χ1) is 15.7. The number of fused-ring (bicyclic) bond motifs is 1. The molecule has 172 valence electrons. The number of pyridine rings is 1. The highest BCUT2D eigenvalue weighted by Crippen LogP contribution is 2.38. The lowest BCUT2D eigenvalue weighted by Gasteiger charge is -2.14. The van der Waals surface area contributed by atoms with E-state index in [0.29, 0.717) is 47.2 Å². The Kier molecular flexibility index (Phi) is 6.43. The van der Waals surface area contributed by atoms with Crippen molar-refractivity contribution >= 4 is 32.6 Å². The van der Waals surface area contributed by atoms with Crippen LogP contribution >= 0.6 is 0 Å². The Balaban J connectivity index is 1.72. The molecule has 11 heteroatoms. The molecule has 0 saturated heterocycles. The molecule has 0 spiro atoms. The van der Waals surface area contributed by atoms with Crippen molar-refractivity contribution in [3.8, 4) is 0 Å². The maximum absolute atomic E-state index is 13.3. The number of sulfone groups is 1. The summed E-state index contributed by atoms with van der Waals surface area (Å²) in [4.78, 5) is 8.67. The highest BCUT2D eigenvalue weighted by atomic mass is 32.2. The number of aliphatic imine (C=N–C) groups is 1. The lowest BCUT2D eigenvalue weighted by Crippen LogP contribution is -2.10. The van der Waals surface area contributed by atoms with Crippen LogP contribution in [0.15, 0.2) is 52.4 Å². The van der Waals surface area contributed by atoms with Crippen molar-refractivity contribution < 1.29 is 21.9 Å². The molecule has 0 unspecified atom stereocenters. The van der Waals surface area contributed by atoms with Crippen LogP contribution in [-0.4, -0.2) is 49.1 Å². The smallest absolute Gasteiger partial charge is 0.277 e. The molecule has 33 heavy (non-hydrogen) atoms. The zero-order chi connectivity index (χ0) is 23.6. The van der Waals surface area contributed by atoms with Gasteiger partial charge in [0.25, 0.3) is 6.43 Å². The third-order valence-electron chi connectivity index (χ3n) is 4.96. The van der Waals surface area contributed by atoms with Crippen molar-refractivity contribution in [2.45, 2.75) is 30.8 Å². The fourth-order valence-electron chi connectivity index (χ4n) is 3.49. The van der Waals surface area contributed by atoms with Crippen LogP contribution < -0.4 is 5.32 Å². The second kappa shape index (κ2) is 9.28. The number of hydrogen-bond donors (Lipinski definition) is 1. The third kappa shape index (κ3) is 5.20. The lowest BCUT2D eigenvalue weighted by atomic mass is 10.1.